The van der Waals surface area contributed by atoms with Gasteiger partial charge in [-0.15, -0.1) is 0 Å². The van der Waals surface area contributed by atoms with Crippen molar-refractivity contribution in [3.63, 3.8) is 0 Å². The third-order valence-electron chi connectivity index (χ3n) is 6.45. The van der Waals surface area contributed by atoms with Crippen molar-refractivity contribution in [1.29, 1.82) is 0 Å². The van der Waals surface area contributed by atoms with E-state index in [1.54, 1.807) is 36.4 Å². The third kappa shape index (κ3) is 3.88. The van der Waals surface area contributed by atoms with Crippen LogP contribution in [0.4, 0.5) is 10.2 Å². The molecule has 1 saturated heterocycles. The zero-order valence-electron chi connectivity index (χ0n) is 17.7. The summed E-state index contributed by atoms with van der Waals surface area (Å²) in [5.74, 6) is 0.782. The van der Waals surface area contributed by atoms with E-state index in [9.17, 15) is 14.0 Å². The number of aromatic nitrogens is 1. The molecule has 5 nitrogen and oxygen atoms in total. The van der Waals surface area contributed by atoms with Gasteiger partial charge in [0.15, 0.2) is 0 Å². The van der Waals surface area contributed by atoms with Gasteiger partial charge in [-0.2, -0.15) is 0 Å². The van der Waals surface area contributed by atoms with Crippen LogP contribution in [0.1, 0.15) is 40.0 Å². The van der Waals surface area contributed by atoms with E-state index in [4.69, 9.17) is 4.98 Å². The zero-order chi connectivity index (χ0) is 22.1. The van der Waals surface area contributed by atoms with Crippen molar-refractivity contribution in [3.8, 4) is 11.3 Å². The summed E-state index contributed by atoms with van der Waals surface area (Å²) in [5, 5.41) is 0. The maximum absolute atomic E-state index is 13.2. The van der Waals surface area contributed by atoms with Crippen LogP contribution in [0.3, 0.4) is 0 Å². The van der Waals surface area contributed by atoms with Gasteiger partial charge in [0.2, 0.25) is 0 Å². The van der Waals surface area contributed by atoms with Gasteiger partial charge < -0.3 is 4.90 Å². The van der Waals surface area contributed by atoms with Crippen LogP contribution in [0.2, 0.25) is 0 Å². The fourth-order valence-electron chi connectivity index (χ4n) is 4.59. The Morgan fingerprint density at radius 2 is 1.50 bits per heavy atom. The molecule has 3 aromatic rings. The molecule has 2 aliphatic heterocycles. The quantitative estimate of drug-likeness (QED) is 0.547. The van der Waals surface area contributed by atoms with Crippen LogP contribution >= 0.6 is 0 Å². The Morgan fingerprint density at radius 1 is 0.844 bits per heavy atom. The van der Waals surface area contributed by atoms with Crippen LogP contribution < -0.4 is 4.90 Å². The Balaban J connectivity index is 1.18. The number of rotatable bonds is 5. The van der Waals surface area contributed by atoms with Gasteiger partial charge in [0.1, 0.15) is 11.6 Å². The molecule has 5 rings (SSSR count). The Hall–Kier alpha value is -3.54. The molecule has 2 amide bonds. The molecule has 1 fully saturated rings. The normalized spacial score (nSPS) is 16.5. The average Bonchev–Trinajstić information content (AvgIpc) is 3.08. The molecule has 0 atom stereocenters. The van der Waals surface area contributed by atoms with Crippen molar-refractivity contribution in [2.75, 3.05) is 24.5 Å². The Morgan fingerprint density at radius 3 is 2.16 bits per heavy atom. The smallest absolute Gasteiger partial charge is 0.261 e. The van der Waals surface area contributed by atoms with E-state index in [0.29, 0.717) is 23.6 Å². The number of amides is 2. The minimum absolute atomic E-state index is 0.176. The van der Waals surface area contributed by atoms with Crippen molar-refractivity contribution in [2.45, 2.75) is 19.3 Å². The highest BCUT2D eigenvalue weighted by Crippen LogP contribution is 2.28. The molecule has 0 radical (unpaired) electrons. The Kier molecular flexibility index (Phi) is 5.43. The van der Waals surface area contributed by atoms with E-state index in [1.807, 2.05) is 18.2 Å². The van der Waals surface area contributed by atoms with E-state index in [1.165, 1.54) is 17.0 Å². The number of hydrogen-bond donors (Lipinski definition) is 0. The molecule has 0 unspecified atom stereocenters. The van der Waals surface area contributed by atoms with Crippen LogP contribution in [-0.2, 0) is 0 Å². The van der Waals surface area contributed by atoms with E-state index < -0.39 is 0 Å². The van der Waals surface area contributed by atoms with Crippen LogP contribution in [0.5, 0.6) is 0 Å². The summed E-state index contributed by atoms with van der Waals surface area (Å²) >= 11 is 0. The summed E-state index contributed by atoms with van der Waals surface area (Å²) in [6.45, 7) is 2.23. The summed E-state index contributed by atoms with van der Waals surface area (Å²) in [6.07, 6.45) is 2.81. The van der Waals surface area contributed by atoms with Gasteiger partial charge in [-0.05, 0) is 73.7 Å². The summed E-state index contributed by atoms with van der Waals surface area (Å²) in [7, 11) is 0. The molecule has 0 saturated carbocycles. The topological polar surface area (TPSA) is 53.5 Å². The Labute approximate surface area is 186 Å². The van der Waals surface area contributed by atoms with Crippen LogP contribution in [0.25, 0.3) is 11.3 Å². The fourth-order valence-corrected chi connectivity index (χ4v) is 4.59. The molecule has 6 heteroatoms. The van der Waals surface area contributed by atoms with Crippen molar-refractivity contribution in [3.05, 3.63) is 83.7 Å². The fraction of sp³-hybridized carbons (Fsp3) is 0.269. The number of piperidine rings is 1. The first-order chi connectivity index (χ1) is 15.6. The van der Waals surface area contributed by atoms with Gasteiger partial charge in [-0.1, -0.05) is 18.2 Å². The molecular weight excluding hydrogens is 405 g/mol. The first-order valence-electron chi connectivity index (χ1n) is 11.0. The number of fused-ring (bicyclic) bond motifs is 1. The first kappa shape index (κ1) is 20.4. The molecule has 0 bridgehead atoms. The number of halogens is 1. The highest BCUT2D eigenvalue weighted by molar-refractivity contribution is 6.21. The largest absolute Gasteiger partial charge is 0.357 e. The zero-order valence-corrected chi connectivity index (χ0v) is 17.7. The van der Waals surface area contributed by atoms with Crippen LogP contribution in [0.15, 0.2) is 66.7 Å². The molecule has 2 aromatic carbocycles. The van der Waals surface area contributed by atoms with Gasteiger partial charge in [-0.25, -0.2) is 9.37 Å². The van der Waals surface area contributed by atoms with Gasteiger partial charge in [0.25, 0.3) is 11.8 Å². The van der Waals surface area contributed by atoms with Gasteiger partial charge in [0.05, 0.1) is 16.8 Å². The number of nitrogens with zero attached hydrogens (tertiary/aromatic N) is 3. The molecule has 0 spiro atoms. The standard InChI is InChI=1S/C26H24FN3O2/c27-20-10-8-19(9-11-20)23-6-3-7-24(28-23)29-15-12-18(13-16-29)14-17-30-25(31)21-4-1-2-5-22(21)26(30)32/h1-11,18H,12-17H2. The number of carbonyl (C=O) groups excluding carboxylic acids is 2. The van der Waals surface area contributed by atoms with Crippen LogP contribution in [-0.4, -0.2) is 41.3 Å². The maximum Gasteiger partial charge on any atom is 0.261 e. The number of benzene rings is 2. The summed E-state index contributed by atoms with van der Waals surface area (Å²) in [6, 6.07) is 19.3. The number of hydrogen-bond acceptors (Lipinski definition) is 4. The molecule has 0 N–H and O–H groups in total. The SMILES string of the molecule is O=C1c2ccccc2C(=O)N1CCC1CCN(c2cccc(-c3ccc(F)cc3)n2)CC1. The van der Waals surface area contributed by atoms with Crippen molar-refractivity contribution in [2.24, 2.45) is 5.92 Å². The van der Waals surface area contributed by atoms with E-state index in [-0.39, 0.29) is 17.6 Å². The predicted octanol–water partition coefficient (Wildman–Crippen LogP) is 4.79. The van der Waals surface area contributed by atoms with Crippen LogP contribution in [0, 0.1) is 11.7 Å². The lowest BCUT2D eigenvalue weighted by Crippen LogP contribution is -2.37. The van der Waals surface area contributed by atoms with E-state index in [2.05, 4.69) is 4.90 Å². The van der Waals surface area contributed by atoms with Crippen molar-refractivity contribution in [1.82, 2.24) is 9.88 Å². The first-order valence-corrected chi connectivity index (χ1v) is 11.0. The van der Waals surface area contributed by atoms with Crippen molar-refractivity contribution >= 4 is 17.6 Å². The highest BCUT2D eigenvalue weighted by atomic mass is 19.1. The number of pyridine rings is 1. The molecule has 0 aliphatic carbocycles. The lowest BCUT2D eigenvalue weighted by atomic mass is 9.93. The number of imide groups is 1. The number of anilines is 1. The Bertz CT molecular complexity index is 1120. The minimum atomic E-state index is -0.256. The molecule has 162 valence electrons. The highest BCUT2D eigenvalue weighted by Gasteiger charge is 2.35. The third-order valence-corrected chi connectivity index (χ3v) is 6.45. The maximum atomic E-state index is 13.2. The lowest BCUT2D eigenvalue weighted by Gasteiger charge is -2.33. The van der Waals surface area contributed by atoms with E-state index >= 15 is 0 Å². The molecule has 2 aliphatic rings. The summed E-state index contributed by atoms with van der Waals surface area (Å²) in [5.41, 5.74) is 2.75. The number of carbonyl (C=O) groups is 2. The lowest BCUT2D eigenvalue weighted by molar-refractivity contribution is 0.0643. The monoisotopic (exact) mass is 429 g/mol. The van der Waals surface area contributed by atoms with Gasteiger partial charge in [0, 0.05) is 25.2 Å². The van der Waals surface area contributed by atoms with Gasteiger partial charge >= 0.3 is 0 Å². The second kappa shape index (κ2) is 8.54. The predicted molar refractivity (Wildman–Crippen MR) is 121 cm³/mol. The molecule has 1 aromatic heterocycles. The second-order valence-corrected chi connectivity index (χ2v) is 8.41. The van der Waals surface area contributed by atoms with E-state index in [0.717, 1.165) is 49.4 Å². The average molecular weight is 429 g/mol. The molecule has 32 heavy (non-hydrogen) atoms. The summed E-state index contributed by atoms with van der Waals surface area (Å²) < 4.78 is 13.2. The summed E-state index contributed by atoms with van der Waals surface area (Å²) in [4.78, 5) is 33.5. The van der Waals surface area contributed by atoms with Gasteiger partial charge in [-0.3, -0.25) is 14.5 Å². The molecular formula is C26H24FN3O2. The minimum Gasteiger partial charge on any atom is -0.357 e. The molecule has 3 heterocycles. The van der Waals surface area contributed by atoms with Crippen molar-refractivity contribution < 1.29 is 14.0 Å². The second-order valence-electron chi connectivity index (χ2n) is 8.41.